The van der Waals surface area contributed by atoms with E-state index in [1.165, 1.54) is 6.07 Å². The monoisotopic (exact) mass is 350 g/mol. The zero-order valence-electron chi connectivity index (χ0n) is 14.2. The Labute approximate surface area is 156 Å². The minimum absolute atomic E-state index is 0. The van der Waals surface area contributed by atoms with Crippen molar-refractivity contribution in [2.45, 2.75) is 4.90 Å². The summed E-state index contributed by atoms with van der Waals surface area (Å²) in [6.45, 7) is 0. The maximum absolute atomic E-state index is 11.8. The van der Waals surface area contributed by atoms with Gasteiger partial charge in [0.25, 0.3) is 10.1 Å². The first-order chi connectivity index (χ1) is 11.1. The van der Waals surface area contributed by atoms with Crippen molar-refractivity contribution >= 4 is 34.0 Å². The minimum Gasteiger partial charge on any atom is -1.00 e. The average Bonchev–Trinajstić information content (AvgIpc) is 2.57. The molecule has 0 aromatic heterocycles. The van der Waals surface area contributed by atoms with Gasteiger partial charge in [-0.05, 0) is 24.6 Å². The fourth-order valence-electron chi connectivity index (χ4n) is 2.44. The second kappa shape index (κ2) is 8.12. The molecule has 3 rings (SSSR count). The molecule has 6 heteroatoms. The molecule has 3 aromatic carbocycles. The molecule has 3 nitrogen and oxygen atoms in total. The third-order valence-electron chi connectivity index (χ3n) is 3.41. The van der Waals surface area contributed by atoms with Gasteiger partial charge in [0, 0.05) is 5.30 Å². The quantitative estimate of drug-likeness (QED) is 0.403. The van der Waals surface area contributed by atoms with Gasteiger partial charge in [0.1, 0.15) is 4.90 Å². The van der Waals surface area contributed by atoms with Crippen molar-refractivity contribution in [2.75, 3.05) is 0 Å². The van der Waals surface area contributed by atoms with Crippen molar-refractivity contribution < 1.29 is 33.3 Å². The number of hydrogen-bond donors (Lipinski definition) is 1. The van der Waals surface area contributed by atoms with Gasteiger partial charge < -0.3 is 1.43 Å². The van der Waals surface area contributed by atoms with Crippen LogP contribution in [0.25, 0.3) is 0 Å². The topological polar surface area (TPSA) is 54.4 Å². The molecule has 1 N–H and O–H groups in total. The van der Waals surface area contributed by atoms with Crippen LogP contribution in [0.2, 0.25) is 0 Å². The fourth-order valence-corrected chi connectivity index (χ4v) is 5.97. The molecular weight excluding hydrogens is 334 g/mol. The third kappa shape index (κ3) is 4.16. The molecule has 0 amide bonds. The Morgan fingerprint density at radius 2 is 1.12 bits per heavy atom. The summed E-state index contributed by atoms with van der Waals surface area (Å²) in [4.78, 5) is -0.0289. The SMILES string of the molecule is O=S(=O)(O)c1ccccc1P(c1ccccc1)c1ccccc1.[H-].[Li+]. The van der Waals surface area contributed by atoms with Crippen LogP contribution >= 0.6 is 7.92 Å². The summed E-state index contributed by atoms with van der Waals surface area (Å²) in [7, 11) is -5.35. The summed E-state index contributed by atoms with van der Waals surface area (Å²) in [5.41, 5.74) is 0. The number of rotatable bonds is 4. The van der Waals surface area contributed by atoms with Crippen molar-refractivity contribution in [2.24, 2.45) is 0 Å². The second-order valence-corrected chi connectivity index (χ2v) is 8.52. The summed E-state index contributed by atoms with van der Waals surface area (Å²) >= 11 is 0. The standard InChI is InChI=1S/C18H15O3PS.Li.H/c19-23(20,21)18-14-8-7-13-17(18)22(15-9-3-1-4-10-15)16-11-5-2-6-12-16;;/h1-14H,(H,19,20,21);;/q;+1;-1. The molecule has 118 valence electrons. The molecule has 0 heterocycles. The molecule has 0 fully saturated rings. The first-order valence-corrected chi connectivity index (χ1v) is 9.82. The van der Waals surface area contributed by atoms with Gasteiger partial charge in [-0.2, -0.15) is 8.42 Å². The maximum atomic E-state index is 11.8. The Bertz CT molecular complexity index is 866. The van der Waals surface area contributed by atoms with E-state index in [2.05, 4.69) is 0 Å². The van der Waals surface area contributed by atoms with Crippen LogP contribution in [0.5, 0.6) is 0 Å². The van der Waals surface area contributed by atoms with E-state index in [0.29, 0.717) is 5.30 Å². The van der Waals surface area contributed by atoms with Crippen LogP contribution in [0.3, 0.4) is 0 Å². The van der Waals surface area contributed by atoms with E-state index in [1.54, 1.807) is 18.2 Å². The van der Waals surface area contributed by atoms with E-state index in [0.717, 1.165) is 10.6 Å². The van der Waals surface area contributed by atoms with Crippen molar-refractivity contribution in [1.82, 2.24) is 0 Å². The minimum atomic E-state index is -4.28. The third-order valence-corrected chi connectivity index (χ3v) is 6.98. The molecule has 3 aromatic rings. The number of benzene rings is 3. The Kier molecular flexibility index (Phi) is 6.40. The van der Waals surface area contributed by atoms with Gasteiger partial charge in [-0.25, -0.2) is 0 Å². The Morgan fingerprint density at radius 3 is 1.58 bits per heavy atom. The molecule has 0 aliphatic carbocycles. The largest absolute Gasteiger partial charge is 1.00 e. The first kappa shape index (κ1) is 18.9. The van der Waals surface area contributed by atoms with E-state index in [-0.39, 0.29) is 25.2 Å². The van der Waals surface area contributed by atoms with E-state index in [9.17, 15) is 13.0 Å². The van der Waals surface area contributed by atoms with Crippen molar-refractivity contribution in [1.29, 1.82) is 0 Å². The molecule has 0 saturated carbocycles. The molecule has 0 bridgehead atoms. The maximum Gasteiger partial charge on any atom is 1.00 e. The normalized spacial score (nSPS) is 11.1. The summed E-state index contributed by atoms with van der Waals surface area (Å²) in [5, 5.41) is 2.69. The molecule has 0 atom stereocenters. The van der Waals surface area contributed by atoms with Crippen molar-refractivity contribution in [3.8, 4) is 0 Å². The average molecular weight is 350 g/mol. The molecule has 0 radical (unpaired) electrons. The zero-order valence-corrected chi connectivity index (χ0v) is 14.9. The summed E-state index contributed by atoms with van der Waals surface area (Å²) in [6.07, 6.45) is 0. The predicted molar refractivity (Wildman–Crippen MR) is 96.1 cm³/mol. The van der Waals surface area contributed by atoms with E-state index >= 15 is 0 Å². The molecule has 24 heavy (non-hydrogen) atoms. The van der Waals surface area contributed by atoms with Gasteiger partial charge in [0.2, 0.25) is 0 Å². The smallest absolute Gasteiger partial charge is 1.00 e. The number of hydrogen-bond acceptors (Lipinski definition) is 2. The van der Waals surface area contributed by atoms with Crippen LogP contribution in [0.1, 0.15) is 1.43 Å². The molecule has 0 unspecified atom stereocenters. The van der Waals surface area contributed by atoms with Crippen LogP contribution in [-0.4, -0.2) is 13.0 Å². The Morgan fingerprint density at radius 1 is 0.708 bits per heavy atom. The Hall–Kier alpha value is -1.40. The van der Waals surface area contributed by atoms with E-state index in [4.69, 9.17) is 0 Å². The van der Waals surface area contributed by atoms with Gasteiger partial charge in [-0.3, -0.25) is 4.55 Å². The van der Waals surface area contributed by atoms with E-state index < -0.39 is 18.0 Å². The molecule has 0 aliphatic rings. The Balaban J connectivity index is 0.00000156. The van der Waals surface area contributed by atoms with Crippen molar-refractivity contribution in [3.63, 3.8) is 0 Å². The van der Waals surface area contributed by atoms with Gasteiger partial charge in [0.15, 0.2) is 0 Å². The van der Waals surface area contributed by atoms with Crippen LogP contribution in [0.15, 0.2) is 89.8 Å². The summed E-state index contributed by atoms with van der Waals surface area (Å²) < 4.78 is 33.2. The van der Waals surface area contributed by atoms with Gasteiger partial charge >= 0.3 is 18.9 Å². The fraction of sp³-hybridized carbons (Fsp3) is 0. The first-order valence-electron chi connectivity index (χ1n) is 7.04. The summed E-state index contributed by atoms with van der Waals surface area (Å²) in [5.74, 6) is 0. The van der Waals surface area contributed by atoms with Crippen LogP contribution in [0, 0.1) is 0 Å². The van der Waals surface area contributed by atoms with Crippen LogP contribution < -0.4 is 34.8 Å². The molecular formula is C18H16LiO3PS. The molecule has 0 aliphatic heterocycles. The van der Waals surface area contributed by atoms with Gasteiger partial charge in [-0.15, -0.1) is 0 Å². The predicted octanol–water partition coefficient (Wildman–Crippen LogP) is -0.192. The zero-order chi connectivity index (χ0) is 16.3. The molecule has 0 saturated heterocycles. The van der Waals surface area contributed by atoms with Crippen LogP contribution in [0.4, 0.5) is 0 Å². The molecule has 0 spiro atoms. The van der Waals surface area contributed by atoms with Crippen molar-refractivity contribution in [3.05, 3.63) is 84.9 Å². The van der Waals surface area contributed by atoms with Gasteiger partial charge in [0.05, 0.1) is 0 Å². The van der Waals surface area contributed by atoms with Crippen LogP contribution in [-0.2, 0) is 10.1 Å². The van der Waals surface area contributed by atoms with Gasteiger partial charge in [-0.1, -0.05) is 78.9 Å². The second-order valence-electron chi connectivity index (χ2n) is 4.95. The summed E-state index contributed by atoms with van der Waals surface area (Å²) in [6, 6.07) is 26.2. The van der Waals surface area contributed by atoms with E-state index in [1.807, 2.05) is 60.7 Å².